The third kappa shape index (κ3) is 0.302. The van der Waals surface area contributed by atoms with E-state index in [9.17, 15) is 0 Å². The van der Waals surface area contributed by atoms with Crippen molar-refractivity contribution >= 4 is 0 Å². The molecule has 3 saturated carbocycles. The maximum Gasteiger partial charge on any atom is -0.0204 e. The van der Waals surface area contributed by atoms with E-state index in [2.05, 4.69) is 13.8 Å². The van der Waals surface area contributed by atoms with Crippen LogP contribution in [0.15, 0.2) is 0 Å². The van der Waals surface area contributed by atoms with E-state index in [1.165, 1.54) is 18.3 Å². The van der Waals surface area contributed by atoms with Gasteiger partial charge < -0.3 is 0 Å². The largest absolute Gasteiger partial charge is 0.0651 e. The third-order valence-corrected chi connectivity index (χ3v) is 4.95. The van der Waals surface area contributed by atoms with Crippen molar-refractivity contribution in [3.05, 3.63) is 0 Å². The normalized spacial score (nSPS) is 69.0. The Kier molecular flexibility index (Phi) is 0.735. The van der Waals surface area contributed by atoms with E-state index in [4.69, 9.17) is 0 Å². The van der Waals surface area contributed by atoms with Crippen LogP contribution in [0.25, 0.3) is 0 Å². The second-order valence-corrected chi connectivity index (χ2v) is 4.64. The van der Waals surface area contributed by atoms with Gasteiger partial charge in [-0.3, -0.25) is 0 Å². The van der Waals surface area contributed by atoms with E-state index >= 15 is 0 Å². The van der Waals surface area contributed by atoms with Gasteiger partial charge in [0.2, 0.25) is 0 Å². The van der Waals surface area contributed by atoms with Crippen LogP contribution in [0.4, 0.5) is 0 Å². The summed E-state index contributed by atoms with van der Waals surface area (Å²) in [5.41, 5.74) is 0.959. The number of hydrogen-bond donors (Lipinski definition) is 0. The molecule has 3 fully saturated rings. The van der Waals surface area contributed by atoms with Crippen molar-refractivity contribution in [3.8, 4) is 0 Å². The SMILES string of the molecule is CCC1C(C)C23CCC2C13. The highest BCUT2D eigenvalue weighted by Crippen LogP contribution is 2.87. The molecule has 0 aromatic carbocycles. The van der Waals surface area contributed by atoms with Crippen LogP contribution in [-0.4, -0.2) is 0 Å². The topological polar surface area (TPSA) is 0 Å². The summed E-state index contributed by atoms with van der Waals surface area (Å²) in [6.07, 6.45) is 4.61. The molecule has 0 bridgehead atoms. The van der Waals surface area contributed by atoms with Crippen molar-refractivity contribution in [2.24, 2.45) is 29.1 Å². The van der Waals surface area contributed by atoms with Gasteiger partial charge in [0.1, 0.15) is 0 Å². The van der Waals surface area contributed by atoms with Gasteiger partial charge in [-0.15, -0.1) is 0 Å². The fourth-order valence-corrected chi connectivity index (χ4v) is 4.33. The van der Waals surface area contributed by atoms with Crippen LogP contribution in [0, 0.1) is 29.1 Å². The van der Waals surface area contributed by atoms with E-state index in [-0.39, 0.29) is 0 Å². The minimum Gasteiger partial charge on any atom is -0.0651 e. The molecule has 0 saturated heterocycles. The van der Waals surface area contributed by atoms with Crippen molar-refractivity contribution < 1.29 is 0 Å². The molecule has 10 heavy (non-hydrogen) atoms. The van der Waals surface area contributed by atoms with Gasteiger partial charge in [0.25, 0.3) is 0 Å². The molecule has 5 atom stereocenters. The van der Waals surface area contributed by atoms with Gasteiger partial charge >= 0.3 is 0 Å². The zero-order chi connectivity index (χ0) is 6.93. The van der Waals surface area contributed by atoms with E-state index in [1.807, 2.05) is 0 Å². The number of hydrogen-bond acceptors (Lipinski definition) is 0. The molecule has 0 nitrogen and oxygen atoms in total. The lowest BCUT2D eigenvalue weighted by Gasteiger charge is -2.44. The molecule has 56 valence electrons. The van der Waals surface area contributed by atoms with Gasteiger partial charge in [0.05, 0.1) is 0 Å². The molecule has 0 amide bonds. The van der Waals surface area contributed by atoms with Crippen molar-refractivity contribution in [2.45, 2.75) is 33.1 Å². The highest BCUT2D eigenvalue weighted by Gasteiger charge is 2.81. The lowest BCUT2D eigenvalue weighted by molar-refractivity contribution is 0.0440. The van der Waals surface area contributed by atoms with Gasteiger partial charge in [0, 0.05) is 0 Å². The average molecular weight is 136 g/mol. The summed E-state index contributed by atoms with van der Waals surface area (Å²) in [5, 5.41) is 0. The van der Waals surface area contributed by atoms with Crippen molar-refractivity contribution in [1.29, 1.82) is 0 Å². The quantitative estimate of drug-likeness (QED) is 0.520. The first-order valence-electron chi connectivity index (χ1n) is 4.82. The first-order chi connectivity index (χ1) is 4.82. The molecule has 0 radical (unpaired) electrons. The second kappa shape index (κ2) is 1.31. The Morgan fingerprint density at radius 3 is 2.60 bits per heavy atom. The molecule has 3 aliphatic carbocycles. The Morgan fingerprint density at radius 2 is 2.30 bits per heavy atom. The third-order valence-electron chi connectivity index (χ3n) is 4.95. The highest BCUT2D eigenvalue weighted by molar-refractivity contribution is 5.29. The molecule has 0 heteroatoms. The molecule has 1 spiro atoms. The summed E-state index contributed by atoms with van der Waals surface area (Å²) in [6, 6.07) is 0. The monoisotopic (exact) mass is 136 g/mol. The second-order valence-electron chi connectivity index (χ2n) is 4.64. The molecule has 0 aromatic rings. The van der Waals surface area contributed by atoms with Crippen LogP contribution in [-0.2, 0) is 0 Å². The Morgan fingerprint density at radius 1 is 1.50 bits per heavy atom. The van der Waals surface area contributed by atoms with E-state index in [0.717, 1.165) is 17.3 Å². The lowest BCUT2D eigenvalue weighted by Crippen LogP contribution is -2.37. The predicted octanol–water partition coefficient (Wildman–Crippen LogP) is 2.69. The highest BCUT2D eigenvalue weighted by atomic mass is 14.9. The summed E-state index contributed by atoms with van der Waals surface area (Å²) < 4.78 is 0. The van der Waals surface area contributed by atoms with E-state index in [1.54, 1.807) is 12.8 Å². The van der Waals surface area contributed by atoms with Gasteiger partial charge in [-0.05, 0) is 41.9 Å². The van der Waals surface area contributed by atoms with Crippen LogP contribution in [0.2, 0.25) is 0 Å². The Balaban J connectivity index is 1.86. The summed E-state index contributed by atoms with van der Waals surface area (Å²) >= 11 is 0. The van der Waals surface area contributed by atoms with Gasteiger partial charge in [0.15, 0.2) is 0 Å². The number of fused-ring (bicyclic) bond motifs is 1. The van der Waals surface area contributed by atoms with Crippen LogP contribution >= 0.6 is 0 Å². The Bertz CT molecular complexity index is 176. The smallest absolute Gasteiger partial charge is 0.0204 e. The first-order valence-corrected chi connectivity index (χ1v) is 4.82. The molecular formula is C10H16. The zero-order valence-corrected chi connectivity index (χ0v) is 6.93. The maximum atomic E-state index is 2.49. The van der Waals surface area contributed by atoms with E-state index < -0.39 is 0 Å². The maximum absolute atomic E-state index is 2.49. The molecule has 5 unspecified atom stereocenters. The minimum absolute atomic E-state index is 0.959. The lowest BCUT2D eigenvalue weighted by atomic mass is 9.61. The fourth-order valence-electron chi connectivity index (χ4n) is 4.33. The van der Waals surface area contributed by atoms with Gasteiger partial charge in [-0.25, -0.2) is 0 Å². The number of rotatable bonds is 1. The minimum atomic E-state index is 0.959. The van der Waals surface area contributed by atoms with Crippen LogP contribution in [0.5, 0.6) is 0 Å². The summed E-state index contributed by atoms with van der Waals surface area (Å²) in [7, 11) is 0. The standard InChI is InChI=1S/C10H16/c1-3-7-6(2)10-5-4-8(10)9(7)10/h6-9H,3-5H2,1-2H3. The summed E-state index contributed by atoms with van der Waals surface area (Å²) in [6.45, 7) is 4.86. The summed E-state index contributed by atoms with van der Waals surface area (Å²) in [4.78, 5) is 0. The summed E-state index contributed by atoms with van der Waals surface area (Å²) in [5.74, 6) is 4.66. The van der Waals surface area contributed by atoms with Crippen molar-refractivity contribution in [1.82, 2.24) is 0 Å². The van der Waals surface area contributed by atoms with Gasteiger partial charge in [-0.1, -0.05) is 20.3 Å². The predicted molar refractivity (Wildman–Crippen MR) is 41.6 cm³/mol. The molecule has 0 heterocycles. The van der Waals surface area contributed by atoms with Crippen molar-refractivity contribution in [3.63, 3.8) is 0 Å². The fraction of sp³-hybridized carbons (Fsp3) is 1.00. The van der Waals surface area contributed by atoms with Crippen LogP contribution in [0.1, 0.15) is 33.1 Å². The van der Waals surface area contributed by atoms with Gasteiger partial charge in [-0.2, -0.15) is 0 Å². The molecular weight excluding hydrogens is 120 g/mol. The Labute approximate surface area is 63.0 Å². The molecule has 0 aromatic heterocycles. The molecule has 3 aliphatic rings. The van der Waals surface area contributed by atoms with E-state index in [0.29, 0.717) is 0 Å². The van der Waals surface area contributed by atoms with Crippen LogP contribution in [0.3, 0.4) is 0 Å². The molecule has 0 aliphatic heterocycles. The molecule has 3 rings (SSSR count). The first kappa shape index (κ1) is 5.62. The average Bonchev–Trinajstić information content (AvgIpc) is 2.26. The zero-order valence-electron chi connectivity index (χ0n) is 6.93. The van der Waals surface area contributed by atoms with Crippen molar-refractivity contribution in [2.75, 3.05) is 0 Å². The molecule has 0 N–H and O–H groups in total. The Hall–Kier alpha value is 0. The van der Waals surface area contributed by atoms with Crippen LogP contribution < -0.4 is 0 Å².